The van der Waals surface area contributed by atoms with E-state index in [1.807, 2.05) is 13.8 Å². The first kappa shape index (κ1) is 22.1. The van der Waals surface area contributed by atoms with Gasteiger partial charge in [0, 0.05) is 12.2 Å². The minimum atomic E-state index is -1.19. The van der Waals surface area contributed by atoms with Gasteiger partial charge < -0.3 is 19.3 Å². The molecule has 0 aliphatic carbocycles. The summed E-state index contributed by atoms with van der Waals surface area (Å²) in [7, 11) is 0. The second-order valence-electron chi connectivity index (χ2n) is 5.85. The van der Waals surface area contributed by atoms with Crippen molar-refractivity contribution < 1.29 is 24.1 Å². The molecule has 0 saturated heterocycles. The van der Waals surface area contributed by atoms with E-state index in [0.717, 1.165) is 25.7 Å². The Balaban J connectivity index is 4.78. The molecule has 0 radical (unpaired) electrons. The molecule has 2 atom stereocenters. The van der Waals surface area contributed by atoms with E-state index in [-0.39, 0.29) is 12.2 Å². The zero-order chi connectivity index (χ0) is 17.7. The highest BCUT2D eigenvalue weighted by molar-refractivity contribution is 5.87. The summed E-state index contributed by atoms with van der Waals surface area (Å²) in [6, 6.07) is 0. The molecule has 136 valence electrons. The number of aliphatic hydroxyl groups is 1. The Hall–Kier alpha value is -0.910. The Morgan fingerprint density at radius 2 is 1.87 bits per heavy atom. The van der Waals surface area contributed by atoms with Crippen LogP contribution in [0.25, 0.3) is 0 Å². The normalized spacial score (nSPS) is 15.0. The number of carbonyl (C=O) groups excluding carboxylic acids is 1. The molecule has 0 aliphatic heterocycles. The summed E-state index contributed by atoms with van der Waals surface area (Å²) in [5, 5.41) is 10.9. The molecule has 23 heavy (non-hydrogen) atoms. The number of hydrogen-bond donors (Lipinski definition) is 1. The first-order chi connectivity index (χ1) is 10.9. The standard InChI is InChI=1S/C18H34O5/c1-6-9-10-11-12-18(20,7-2)17(22-14-13-21-8-3)23-16(19)15(4)5/h17,20H,4,6-14H2,1-3,5H3. The van der Waals surface area contributed by atoms with Crippen LogP contribution in [-0.4, -0.2) is 42.8 Å². The molecule has 0 amide bonds. The Labute approximate surface area is 141 Å². The lowest BCUT2D eigenvalue weighted by Crippen LogP contribution is -2.47. The largest absolute Gasteiger partial charge is 0.429 e. The summed E-state index contributed by atoms with van der Waals surface area (Å²) in [5.74, 6) is -0.549. The van der Waals surface area contributed by atoms with Crippen LogP contribution in [0.2, 0.25) is 0 Å². The maximum Gasteiger partial charge on any atom is 0.335 e. The van der Waals surface area contributed by atoms with Gasteiger partial charge in [0.15, 0.2) is 0 Å². The molecule has 0 heterocycles. The molecule has 0 aromatic heterocycles. The number of hydrogen-bond acceptors (Lipinski definition) is 5. The van der Waals surface area contributed by atoms with Gasteiger partial charge in [-0.25, -0.2) is 4.79 Å². The van der Waals surface area contributed by atoms with E-state index in [2.05, 4.69) is 13.5 Å². The van der Waals surface area contributed by atoms with Crippen LogP contribution in [0.3, 0.4) is 0 Å². The molecule has 0 aromatic carbocycles. The fourth-order valence-electron chi connectivity index (χ4n) is 2.17. The predicted octanol–water partition coefficient (Wildman–Crippen LogP) is 3.60. The number of unbranched alkanes of at least 4 members (excludes halogenated alkanes) is 3. The van der Waals surface area contributed by atoms with Crippen LogP contribution in [0.15, 0.2) is 12.2 Å². The third kappa shape index (κ3) is 9.08. The predicted molar refractivity (Wildman–Crippen MR) is 91.1 cm³/mol. The Morgan fingerprint density at radius 1 is 1.17 bits per heavy atom. The van der Waals surface area contributed by atoms with Crippen molar-refractivity contribution in [1.82, 2.24) is 0 Å². The van der Waals surface area contributed by atoms with Gasteiger partial charge in [0.1, 0.15) is 5.60 Å². The van der Waals surface area contributed by atoms with Gasteiger partial charge in [-0.3, -0.25) is 0 Å². The van der Waals surface area contributed by atoms with Crippen molar-refractivity contribution in [2.24, 2.45) is 0 Å². The third-order valence-corrected chi connectivity index (χ3v) is 3.78. The van der Waals surface area contributed by atoms with Crippen molar-refractivity contribution in [1.29, 1.82) is 0 Å². The molecule has 0 rings (SSSR count). The maximum absolute atomic E-state index is 11.8. The average molecular weight is 330 g/mol. The van der Waals surface area contributed by atoms with E-state index in [0.29, 0.717) is 26.1 Å². The highest BCUT2D eigenvalue weighted by Crippen LogP contribution is 2.27. The average Bonchev–Trinajstić information content (AvgIpc) is 2.53. The van der Waals surface area contributed by atoms with Crippen LogP contribution < -0.4 is 0 Å². The first-order valence-corrected chi connectivity index (χ1v) is 8.69. The summed E-state index contributed by atoms with van der Waals surface area (Å²) in [6.45, 7) is 12.3. The minimum Gasteiger partial charge on any atom is -0.429 e. The first-order valence-electron chi connectivity index (χ1n) is 8.69. The van der Waals surface area contributed by atoms with Gasteiger partial charge in [-0.1, -0.05) is 46.1 Å². The Bertz CT molecular complexity index is 342. The number of carbonyl (C=O) groups is 1. The summed E-state index contributed by atoms with van der Waals surface area (Å²) in [4.78, 5) is 11.8. The minimum absolute atomic E-state index is 0.263. The molecule has 5 heteroatoms. The van der Waals surface area contributed by atoms with Crippen molar-refractivity contribution >= 4 is 5.97 Å². The second kappa shape index (κ2) is 12.5. The van der Waals surface area contributed by atoms with E-state index in [1.165, 1.54) is 0 Å². The van der Waals surface area contributed by atoms with Crippen LogP contribution in [0.1, 0.15) is 66.2 Å². The van der Waals surface area contributed by atoms with E-state index in [4.69, 9.17) is 14.2 Å². The fraction of sp³-hybridized carbons (Fsp3) is 0.833. The number of ether oxygens (including phenoxy) is 3. The molecular formula is C18H34O5. The van der Waals surface area contributed by atoms with Crippen LogP contribution in [0.4, 0.5) is 0 Å². The SMILES string of the molecule is C=C(C)C(=O)OC(OCCOCC)C(O)(CC)CCCCCC. The molecule has 0 aliphatic rings. The molecular weight excluding hydrogens is 296 g/mol. The molecule has 0 aromatic rings. The second-order valence-corrected chi connectivity index (χ2v) is 5.85. The molecule has 2 unspecified atom stereocenters. The van der Waals surface area contributed by atoms with Gasteiger partial charge in [0.2, 0.25) is 6.29 Å². The van der Waals surface area contributed by atoms with Gasteiger partial charge in [0.05, 0.1) is 13.2 Å². The van der Waals surface area contributed by atoms with E-state index in [1.54, 1.807) is 6.92 Å². The lowest BCUT2D eigenvalue weighted by Gasteiger charge is -2.34. The summed E-state index contributed by atoms with van der Waals surface area (Å²) >= 11 is 0. The molecule has 0 spiro atoms. The van der Waals surface area contributed by atoms with Gasteiger partial charge >= 0.3 is 5.97 Å². The zero-order valence-electron chi connectivity index (χ0n) is 15.2. The van der Waals surface area contributed by atoms with E-state index in [9.17, 15) is 9.90 Å². The number of rotatable bonds is 14. The van der Waals surface area contributed by atoms with Crippen LogP contribution in [-0.2, 0) is 19.0 Å². The molecule has 5 nitrogen and oxygen atoms in total. The smallest absolute Gasteiger partial charge is 0.335 e. The van der Waals surface area contributed by atoms with Crippen LogP contribution in [0, 0.1) is 0 Å². The summed E-state index contributed by atoms with van der Waals surface area (Å²) in [5.41, 5.74) is -0.904. The van der Waals surface area contributed by atoms with Gasteiger partial charge in [-0.2, -0.15) is 0 Å². The van der Waals surface area contributed by atoms with Crippen LogP contribution in [0.5, 0.6) is 0 Å². The van der Waals surface area contributed by atoms with Crippen molar-refractivity contribution in [2.45, 2.75) is 78.1 Å². The topological polar surface area (TPSA) is 65.0 Å². The molecule has 0 saturated carbocycles. The van der Waals surface area contributed by atoms with Gasteiger partial charge in [-0.15, -0.1) is 0 Å². The van der Waals surface area contributed by atoms with Crippen molar-refractivity contribution in [3.05, 3.63) is 12.2 Å². The maximum atomic E-state index is 11.8. The van der Waals surface area contributed by atoms with Gasteiger partial charge in [0.25, 0.3) is 0 Å². The third-order valence-electron chi connectivity index (χ3n) is 3.78. The van der Waals surface area contributed by atoms with E-state index < -0.39 is 17.9 Å². The van der Waals surface area contributed by atoms with Crippen LogP contribution >= 0.6 is 0 Å². The van der Waals surface area contributed by atoms with Gasteiger partial charge in [-0.05, 0) is 26.7 Å². The summed E-state index contributed by atoms with van der Waals surface area (Å²) in [6.07, 6.45) is 4.14. The lowest BCUT2D eigenvalue weighted by molar-refractivity contribution is -0.237. The Morgan fingerprint density at radius 3 is 2.39 bits per heavy atom. The highest BCUT2D eigenvalue weighted by atomic mass is 16.7. The van der Waals surface area contributed by atoms with Crippen molar-refractivity contribution in [3.8, 4) is 0 Å². The Kier molecular flexibility index (Phi) is 12.0. The van der Waals surface area contributed by atoms with E-state index >= 15 is 0 Å². The van der Waals surface area contributed by atoms with Crippen molar-refractivity contribution in [3.63, 3.8) is 0 Å². The van der Waals surface area contributed by atoms with Crippen molar-refractivity contribution in [2.75, 3.05) is 19.8 Å². The lowest BCUT2D eigenvalue weighted by atomic mass is 9.92. The fourth-order valence-corrected chi connectivity index (χ4v) is 2.17. The zero-order valence-corrected chi connectivity index (χ0v) is 15.2. The highest BCUT2D eigenvalue weighted by Gasteiger charge is 2.38. The molecule has 0 bridgehead atoms. The molecule has 1 N–H and O–H groups in total. The summed E-state index contributed by atoms with van der Waals surface area (Å²) < 4.78 is 16.2. The quantitative estimate of drug-likeness (QED) is 0.228. The monoisotopic (exact) mass is 330 g/mol. The number of esters is 1. The molecule has 0 fully saturated rings.